The van der Waals surface area contributed by atoms with Gasteiger partial charge in [-0.2, -0.15) is 0 Å². The second kappa shape index (κ2) is 2.74. The molecule has 1 aromatic heterocycles. The van der Waals surface area contributed by atoms with Crippen LogP contribution in [-0.2, 0) is 7.05 Å². The molecule has 0 bridgehead atoms. The summed E-state index contributed by atoms with van der Waals surface area (Å²) in [5.41, 5.74) is 1.11. The smallest absolute Gasteiger partial charge is 0.0955 e. The number of hydrogen-bond acceptors (Lipinski definition) is 1. The molecule has 1 rings (SSSR count). The maximum atomic E-state index is 4.07. The summed E-state index contributed by atoms with van der Waals surface area (Å²) < 4.78 is 1.94. The lowest BCUT2D eigenvalue weighted by Gasteiger charge is -1.92. The van der Waals surface area contributed by atoms with Gasteiger partial charge in [-0.1, -0.05) is 19.2 Å². The van der Waals surface area contributed by atoms with Gasteiger partial charge in [0.15, 0.2) is 0 Å². The zero-order valence-corrected chi connectivity index (χ0v) is 6.96. The third-order valence-corrected chi connectivity index (χ3v) is 1.69. The number of aryl methyl sites for hydroxylation is 1. The van der Waals surface area contributed by atoms with Crippen LogP contribution in [0.15, 0.2) is 19.0 Å². The highest BCUT2D eigenvalue weighted by molar-refractivity contribution is 5.51. The molecule has 1 heterocycles. The minimum Gasteiger partial charge on any atom is -0.334 e. The molecule has 1 aromatic rings. The summed E-state index contributed by atoms with van der Waals surface area (Å²) in [6, 6.07) is 0. The molecule has 2 nitrogen and oxygen atoms in total. The van der Waals surface area contributed by atoms with Gasteiger partial charge in [-0.15, -0.1) is 0 Å². The number of allylic oxidation sites excluding steroid dienone is 1. The lowest BCUT2D eigenvalue weighted by molar-refractivity contribution is 0.877. The van der Waals surface area contributed by atoms with Crippen molar-refractivity contribution in [2.45, 2.75) is 6.92 Å². The zero-order valence-electron chi connectivity index (χ0n) is 6.96. The Labute approximate surface area is 66.2 Å². The van der Waals surface area contributed by atoms with Gasteiger partial charge in [0.25, 0.3) is 0 Å². The Bertz CT molecular complexity index is 371. The van der Waals surface area contributed by atoms with E-state index >= 15 is 0 Å². The molecule has 0 N–H and O–H groups in total. The molecule has 0 radical (unpaired) electrons. The predicted octanol–water partition coefficient (Wildman–Crippen LogP) is 0.187. The second-order valence-electron chi connectivity index (χ2n) is 2.54. The van der Waals surface area contributed by atoms with E-state index in [-0.39, 0.29) is 0 Å². The fraction of sp³-hybridized carbons (Fsp3) is 0.222. The minimum absolute atomic E-state index is 0.810. The Morgan fingerprint density at radius 2 is 2.36 bits per heavy atom. The van der Waals surface area contributed by atoms with E-state index in [2.05, 4.69) is 18.1 Å². The predicted molar refractivity (Wildman–Crippen MR) is 47.3 cm³/mol. The van der Waals surface area contributed by atoms with Crippen LogP contribution in [-0.4, -0.2) is 9.55 Å². The van der Waals surface area contributed by atoms with E-state index in [0.29, 0.717) is 0 Å². The highest BCUT2D eigenvalue weighted by Gasteiger charge is 1.92. The number of hydrogen-bond donors (Lipinski definition) is 0. The van der Waals surface area contributed by atoms with Gasteiger partial charge in [-0.3, -0.25) is 0 Å². The standard InChI is InChI=1S/C9H12N2/c1-5-7(2)9-8(3)10-6-11(9)4/h5-6H,1,3H2,2,4H3/b9-7+. The zero-order chi connectivity index (χ0) is 8.43. The summed E-state index contributed by atoms with van der Waals surface area (Å²) in [5, 5.41) is 1.87. The summed E-state index contributed by atoms with van der Waals surface area (Å²) >= 11 is 0. The molecule has 0 aliphatic heterocycles. The number of imidazole rings is 1. The molecule has 11 heavy (non-hydrogen) atoms. The van der Waals surface area contributed by atoms with Gasteiger partial charge >= 0.3 is 0 Å². The molecule has 0 fully saturated rings. The van der Waals surface area contributed by atoms with Crippen LogP contribution in [0.3, 0.4) is 0 Å². The van der Waals surface area contributed by atoms with Gasteiger partial charge in [0, 0.05) is 7.05 Å². The second-order valence-corrected chi connectivity index (χ2v) is 2.54. The van der Waals surface area contributed by atoms with Gasteiger partial charge in [-0.05, 0) is 12.5 Å². The minimum atomic E-state index is 0.810. The Morgan fingerprint density at radius 3 is 2.73 bits per heavy atom. The molecule has 0 atom stereocenters. The molecule has 58 valence electrons. The Kier molecular flexibility index (Phi) is 1.94. The van der Waals surface area contributed by atoms with E-state index in [1.807, 2.05) is 24.6 Å². The van der Waals surface area contributed by atoms with Gasteiger partial charge in [0.05, 0.1) is 17.0 Å². The molecule has 2 heteroatoms. The monoisotopic (exact) mass is 148 g/mol. The van der Waals surface area contributed by atoms with Crippen molar-refractivity contribution < 1.29 is 0 Å². The van der Waals surface area contributed by atoms with Gasteiger partial charge in [0.2, 0.25) is 0 Å². The number of rotatable bonds is 1. The summed E-state index contributed by atoms with van der Waals surface area (Å²) in [7, 11) is 1.95. The molecule has 0 unspecified atom stereocenters. The average molecular weight is 148 g/mol. The summed E-state index contributed by atoms with van der Waals surface area (Å²) in [4.78, 5) is 4.07. The normalized spacial score (nSPS) is 12.9. The highest BCUT2D eigenvalue weighted by atomic mass is 15.0. The Balaban J connectivity index is 3.68. The van der Waals surface area contributed by atoms with Gasteiger partial charge < -0.3 is 4.57 Å². The fourth-order valence-electron chi connectivity index (χ4n) is 1.08. The van der Waals surface area contributed by atoms with Crippen molar-refractivity contribution in [2.75, 3.05) is 0 Å². The summed E-state index contributed by atoms with van der Waals surface area (Å²) in [6.45, 7) is 9.50. The molecule has 0 saturated heterocycles. The van der Waals surface area contributed by atoms with Crippen molar-refractivity contribution in [3.63, 3.8) is 0 Å². The molecule has 0 aromatic carbocycles. The summed E-state index contributed by atoms with van der Waals surface area (Å²) in [6.07, 6.45) is 3.57. The topological polar surface area (TPSA) is 17.8 Å². The van der Waals surface area contributed by atoms with E-state index in [1.54, 1.807) is 6.33 Å². The first-order chi connectivity index (χ1) is 5.16. The van der Waals surface area contributed by atoms with E-state index in [0.717, 1.165) is 16.3 Å². The van der Waals surface area contributed by atoms with Crippen molar-refractivity contribution in [2.24, 2.45) is 7.05 Å². The maximum Gasteiger partial charge on any atom is 0.0955 e. The van der Waals surface area contributed by atoms with Crippen molar-refractivity contribution >= 4 is 12.2 Å². The molecule has 0 aliphatic carbocycles. The molecule has 0 aliphatic rings. The maximum absolute atomic E-state index is 4.07. The lowest BCUT2D eigenvalue weighted by atomic mass is 10.3. The summed E-state index contributed by atoms with van der Waals surface area (Å²) in [5.74, 6) is 0. The van der Waals surface area contributed by atoms with Crippen LogP contribution in [0.5, 0.6) is 0 Å². The van der Waals surface area contributed by atoms with Gasteiger partial charge in [0.1, 0.15) is 0 Å². The van der Waals surface area contributed by atoms with Crippen LogP contribution in [0.4, 0.5) is 0 Å². The molecule has 0 saturated carbocycles. The van der Waals surface area contributed by atoms with E-state index in [1.165, 1.54) is 0 Å². The van der Waals surface area contributed by atoms with Crippen molar-refractivity contribution in [1.29, 1.82) is 0 Å². The fourth-order valence-corrected chi connectivity index (χ4v) is 1.08. The van der Waals surface area contributed by atoms with Crippen LogP contribution in [0.2, 0.25) is 0 Å². The molecular formula is C9H12N2. The van der Waals surface area contributed by atoms with E-state index < -0.39 is 0 Å². The first-order valence-electron chi connectivity index (χ1n) is 3.46. The van der Waals surface area contributed by atoms with Gasteiger partial charge in [-0.25, -0.2) is 4.98 Å². The SMILES string of the molecule is C=C/C(C)=c1\c(=C)ncn1C. The van der Waals surface area contributed by atoms with Crippen molar-refractivity contribution in [3.8, 4) is 0 Å². The Hall–Kier alpha value is -1.31. The molecular weight excluding hydrogens is 136 g/mol. The van der Waals surface area contributed by atoms with Crippen LogP contribution in [0.25, 0.3) is 12.2 Å². The van der Waals surface area contributed by atoms with Crippen LogP contribution < -0.4 is 10.7 Å². The molecule has 0 spiro atoms. The quantitative estimate of drug-likeness (QED) is 0.556. The van der Waals surface area contributed by atoms with Crippen LogP contribution in [0, 0.1) is 0 Å². The number of aromatic nitrogens is 2. The number of nitrogens with zero attached hydrogens (tertiary/aromatic N) is 2. The highest BCUT2D eigenvalue weighted by Crippen LogP contribution is 1.86. The van der Waals surface area contributed by atoms with Crippen molar-refractivity contribution in [1.82, 2.24) is 9.55 Å². The van der Waals surface area contributed by atoms with E-state index in [4.69, 9.17) is 0 Å². The van der Waals surface area contributed by atoms with Crippen LogP contribution in [0.1, 0.15) is 6.92 Å². The first-order valence-corrected chi connectivity index (χ1v) is 3.46. The van der Waals surface area contributed by atoms with E-state index in [9.17, 15) is 0 Å². The first kappa shape index (κ1) is 7.79. The lowest BCUT2D eigenvalue weighted by Crippen LogP contribution is -2.29. The Morgan fingerprint density at radius 1 is 1.73 bits per heavy atom. The molecule has 0 amide bonds. The van der Waals surface area contributed by atoms with Crippen LogP contribution >= 0.6 is 0 Å². The average Bonchev–Trinajstić information content (AvgIpc) is 2.30. The largest absolute Gasteiger partial charge is 0.334 e. The third kappa shape index (κ3) is 1.24. The third-order valence-electron chi connectivity index (χ3n) is 1.69. The van der Waals surface area contributed by atoms with Crippen molar-refractivity contribution in [3.05, 3.63) is 29.7 Å².